The van der Waals surface area contributed by atoms with E-state index in [1.54, 1.807) is 12.4 Å². The average Bonchev–Trinajstić information content (AvgIpc) is 3.31. The van der Waals surface area contributed by atoms with E-state index in [-0.39, 0.29) is 17.6 Å². The molecular formula is C17H20N4O2. The molecule has 0 unspecified atom stereocenters. The van der Waals surface area contributed by atoms with Crippen LogP contribution in [0.4, 0.5) is 5.69 Å². The molecule has 0 radical (unpaired) electrons. The fourth-order valence-corrected chi connectivity index (χ4v) is 3.56. The second-order valence-electron chi connectivity index (χ2n) is 6.34. The van der Waals surface area contributed by atoms with E-state index in [2.05, 4.69) is 15.3 Å². The third-order valence-electron chi connectivity index (χ3n) is 4.67. The summed E-state index contributed by atoms with van der Waals surface area (Å²) in [7, 11) is 0. The normalized spacial score (nSPS) is 26.8. The minimum atomic E-state index is -0.206. The van der Waals surface area contributed by atoms with Crippen molar-refractivity contribution in [1.29, 1.82) is 0 Å². The third kappa shape index (κ3) is 2.82. The van der Waals surface area contributed by atoms with Crippen LogP contribution in [-0.4, -0.2) is 52.1 Å². The molecule has 0 bridgehead atoms. The second-order valence-corrected chi connectivity index (χ2v) is 6.34. The highest BCUT2D eigenvalue weighted by Gasteiger charge is 2.46. The molecule has 2 saturated heterocycles. The number of pyridine rings is 1. The zero-order chi connectivity index (χ0) is 15.7. The molecule has 6 heteroatoms. The first kappa shape index (κ1) is 14.3. The Balaban J connectivity index is 1.38. The predicted molar refractivity (Wildman–Crippen MR) is 86.3 cm³/mol. The van der Waals surface area contributed by atoms with Crippen LogP contribution in [0.15, 0.2) is 42.9 Å². The molecule has 2 aromatic rings. The van der Waals surface area contributed by atoms with E-state index >= 15 is 0 Å². The largest absolute Gasteiger partial charge is 0.379 e. The number of likely N-dealkylation sites (tertiary alicyclic amines) is 1. The van der Waals surface area contributed by atoms with Gasteiger partial charge in [0, 0.05) is 31.6 Å². The first-order chi connectivity index (χ1) is 11.2. The van der Waals surface area contributed by atoms with Gasteiger partial charge >= 0.3 is 0 Å². The second kappa shape index (κ2) is 5.70. The Kier molecular flexibility index (Phi) is 3.53. The molecule has 2 aliphatic heterocycles. The van der Waals surface area contributed by atoms with Crippen molar-refractivity contribution >= 4 is 11.6 Å². The van der Waals surface area contributed by atoms with Gasteiger partial charge in [-0.05, 0) is 30.7 Å². The number of aromatic amines is 1. The summed E-state index contributed by atoms with van der Waals surface area (Å²) in [5.74, 6) is 0.0548. The smallest absolute Gasteiger partial charge is 0.270 e. The van der Waals surface area contributed by atoms with Crippen LogP contribution in [0.2, 0.25) is 0 Å². The van der Waals surface area contributed by atoms with Crippen LogP contribution < -0.4 is 5.32 Å². The van der Waals surface area contributed by atoms with Gasteiger partial charge in [0.15, 0.2) is 0 Å². The lowest BCUT2D eigenvalue weighted by Crippen LogP contribution is -2.36. The summed E-state index contributed by atoms with van der Waals surface area (Å²) in [5.41, 5.74) is 1.45. The molecule has 2 aromatic heterocycles. The lowest BCUT2D eigenvalue weighted by Gasteiger charge is -2.23. The summed E-state index contributed by atoms with van der Waals surface area (Å²) in [4.78, 5) is 21.4. The maximum absolute atomic E-state index is 12.4. The number of nitrogens with one attached hydrogen (secondary N) is 2. The molecule has 0 aromatic carbocycles. The number of hydrogen-bond acceptors (Lipinski definition) is 4. The predicted octanol–water partition coefficient (Wildman–Crippen LogP) is 1.90. The Morgan fingerprint density at radius 2 is 2.39 bits per heavy atom. The number of amides is 1. The lowest BCUT2D eigenvalue weighted by molar-refractivity contribution is 0.0124. The van der Waals surface area contributed by atoms with Crippen molar-refractivity contribution in [3.05, 3.63) is 48.5 Å². The zero-order valence-corrected chi connectivity index (χ0v) is 12.9. The number of aromatic nitrogens is 2. The summed E-state index contributed by atoms with van der Waals surface area (Å²) >= 11 is 0. The van der Waals surface area contributed by atoms with E-state index in [0.29, 0.717) is 18.8 Å². The maximum Gasteiger partial charge on any atom is 0.270 e. The van der Waals surface area contributed by atoms with Crippen molar-refractivity contribution < 1.29 is 9.53 Å². The van der Waals surface area contributed by atoms with E-state index in [9.17, 15) is 4.79 Å². The quantitative estimate of drug-likeness (QED) is 0.908. The van der Waals surface area contributed by atoms with E-state index in [0.717, 1.165) is 25.1 Å². The lowest BCUT2D eigenvalue weighted by atomic mass is 9.97. The highest BCUT2D eigenvalue weighted by Crippen LogP contribution is 2.36. The number of hydrogen-bond donors (Lipinski definition) is 2. The van der Waals surface area contributed by atoms with Crippen LogP contribution in [0.3, 0.4) is 0 Å². The van der Waals surface area contributed by atoms with Crippen LogP contribution in [0.1, 0.15) is 23.3 Å². The molecule has 0 aliphatic carbocycles. The van der Waals surface area contributed by atoms with Gasteiger partial charge in [-0.15, -0.1) is 0 Å². The average molecular weight is 312 g/mol. The molecule has 2 fully saturated rings. The summed E-state index contributed by atoms with van der Waals surface area (Å²) in [6.45, 7) is 2.08. The van der Waals surface area contributed by atoms with Gasteiger partial charge in [-0.3, -0.25) is 9.78 Å². The number of rotatable bonds is 3. The highest BCUT2D eigenvalue weighted by atomic mass is 16.5. The van der Waals surface area contributed by atoms with Crippen molar-refractivity contribution in [3.63, 3.8) is 0 Å². The van der Waals surface area contributed by atoms with Crippen molar-refractivity contribution in [1.82, 2.24) is 14.9 Å². The van der Waals surface area contributed by atoms with Crippen molar-refractivity contribution in [2.24, 2.45) is 0 Å². The summed E-state index contributed by atoms with van der Waals surface area (Å²) in [6.07, 6.45) is 7.17. The SMILES string of the molecule is O=C(c1ccc[nH]1)N1CC[C@@]2(C[C@H](Nc3cccnc3)CO2)C1. The molecular weight excluding hydrogens is 292 g/mol. The molecule has 120 valence electrons. The molecule has 1 amide bonds. The highest BCUT2D eigenvalue weighted by molar-refractivity contribution is 5.92. The van der Waals surface area contributed by atoms with Gasteiger partial charge < -0.3 is 19.9 Å². The summed E-state index contributed by atoms with van der Waals surface area (Å²) in [6, 6.07) is 7.85. The van der Waals surface area contributed by atoms with Gasteiger partial charge in [-0.2, -0.15) is 0 Å². The number of ether oxygens (including phenoxy) is 1. The van der Waals surface area contributed by atoms with Crippen LogP contribution in [0.25, 0.3) is 0 Å². The summed E-state index contributed by atoms with van der Waals surface area (Å²) < 4.78 is 6.10. The maximum atomic E-state index is 12.4. The fraction of sp³-hybridized carbons (Fsp3) is 0.412. The first-order valence-electron chi connectivity index (χ1n) is 7.97. The Labute approximate surface area is 134 Å². The first-order valence-corrected chi connectivity index (χ1v) is 7.97. The minimum Gasteiger partial charge on any atom is -0.379 e. The zero-order valence-electron chi connectivity index (χ0n) is 12.9. The van der Waals surface area contributed by atoms with Gasteiger partial charge in [-0.25, -0.2) is 0 Å². The standard InChI is InChI=1S/C17H20N4O2/c22-16(15-4-2-7-19-15)21-8-5-17(12-21)9-14(11-23-17)20-13-3-1-6-18-10-13/h1-4,6-7,10,14,19-20H,5,8-9,11-12H2/t14-,17+/m0/s1. The number of carbonyl (C=O) groups is 1. The van der Waals surface area contributed by atoms with Gasteiger partial charge in [0.05, 0.1) is 30.5 Å². The van der Waals surface area contributed by atoms with Gasteiger partial charge in [-0.1, -0.05) is 0 Å². The van der Waals surface area contributed by atoms with Crippen molar-refractivity contribution in [2.75, 3.05) is 25.0 Å². The Bertz CT molecular complexity index is 673. The molecule has 23 heavy (non-hydrogen) atoms. The molecule has 0 saturated carbocycles. The molecule has 2 atom stereocenters. The van der Waals surface area contributed by atoms with Crippen LogP contribution in [0.5, 0.6) is 0 Å². The van der Waals surface area contributed by atoms with Crippen LogP contribution in [-0.2, 0) is 4.74 Å². The fourth-order valence-electron chi connectivity index (χ4n) is 3.56. The van der Waals surface area contributed by atoms with Gasteiger partial charge in [0.2, 0.25) is 0 Å². The number of H-pyrrole nitrogens is 1. The molecule has 4 rings (SSSR count). The third-order valence-corrected chi connectivity index (χ3v) is 4.67. The van der Waals surface area contributed by atoms with E-state index in [4.69, 9.17) is 4.74 Å². The molecule has 4 heterocycles. The topological polar surface area (TPSA) is 70.2 Å². The molecule has 1 spiro atoms. The number of carbonyl (C=O) groups excluding carboxylic acids is 1. The Hall–Kier alpha value is -2.34. The Morgan fingerprint density at radius 3 is 3.17 bits per heavy atom. The van der Waals surface area contributed by atoms with Crippen LogP contribution in [0, 0.1) is 0 Å². The Morgan fingerprint density at radius 1 is 1.43 bits per heavy atom. The van der Waals surface area contributed by atoms with Crippen molar-refractivity contribution in [2.45, 2.75) is 24.5 Å². The van der Waals surface area contributed by atoms with E-state index in [1.165, 1.54) is 0 Å². The van der Waals surface area contributed by atoms with Gasteiger partial charge in [0.25, 0.3) is 5.91 Å². The molecule has 2 N–H and O–H groups in total. The number of anilines is 1. The molecule has 6 nitrogen and oxygen atoms in total. The van der Waals surface area contributed by atoms with E-state index in [1.807, 2.05) is 35.4 Å². The van der Waals surface area contributed by atoms with Crippen LogP contribution >= 0.6 is 0 Å². The van der Waals surface area contributed by atoms with Gasteiger partial charge in [0.1, 0.15) is 5.69 Å². The number of nitrogens with zero attached hydrogens (tertiary/aromatic N) is 2. The van der Waals surface area contributed by atoms with E-state index < -0.39 is 0 Å². The minimum absolute atomic E-state index is 0.0548. The summed E-state index contributed by atoms with van der Waals surface area (Å²) in [5, 5.41) is 3.47. The van der Waals surface area contributed by atoms with Crippen molar-refractivity contribution in [3.8, 4) is 0 Å². The monoisotopic (exact) mass is 312 g/mol. The molecule has 2 aliphatic rings.